The van der Waals surface area contributed by atoms with Crippen LogP contribution >= 0.6 is 15.9 Å². The molecule has 0 saturated carbocycles. The molecule has 0 amide bonds. The highest BCUT2D eigenvalue weighted by Crippen LogP contribution is 2.27. The van der Waals surface area contributed by atoms with E-state index in [4.69, 9.17) is 4.42 Å². The fourth-order valence-corrected chi connectivity index (χ4v) is 2.11. The topological polar surface area (TPSA) is 38.9 Å². The highest BCUT2D eigenvalue weighted by atomic mass is 79.9. The molecular weight excluding hydrogens is 280 g/mol. The third kappa shape index (κ3) is 2.75. The summed E-state index contributed by atoms with van der Waals surface area (Å²) < 4.78 is 6.72. The van der Waals surface area contributed by atoms with Gasteiger partial charge in [-0.1, -0.05) is 36.7 Å². The van der Waals surface area contributed by atoms with Gasteiger partial charge in [0.05, 0.1) is 0 Å². The number of aryl methyl sites for hydroxylation is 1. The van der Waals surface area contributed by atoms with Gasteiger partial charge >= 0.3 is 0 Å². The summed E-state index contributed by atoms with van der Waals surface area (Å²) in [7, 11) is 0. The zero-order valence-corrected chi connectivity index (χ0v) is 12.0. The standard InChI is InChI=1S/C13H15BrN2O/c1-8-5-9(7-10(14)6-8)11-15-16-12(17-11)13(2,3)4/h5-7H,1-4H3. The van der Waals surface area contributed by atoms with Crippen LogP contribution in [0.25, 0.3) is 11.5 Å². The van der Waals surface area contributed by atoms with Gasteiger partial charge in [0.25, 0.3) is 0 Å². The predicted molar refractivity (Wildman–Crippen MR) is 70.9 cm³/mol. The van der Waals surface area contributed by atoms with Gasteiger partial charge in [-0.3, -0.25) is 0 Å². The van der Waals surface area contributed by atoms with Crippen molar-refractivity contribution in [3.63, 3.8) is 0 Å². The molecule has 90 valence electrons. The summed E-state index contributed by atoms with van der Waals surface area (Å²) in [5.74, 6) is 1.23. The molecule has 0 unspecified atom stereocenters. The molecule has 2 aromatic rings. The molecule has 0 aliphatic heterocycles. The molecule has 0 aliphatic carbocycles. The van der Waals surface area contributed by atoms with E-state index < -0.39 is 0 Å². The van der Waals surface area contributed by atoms with Crippen molar-refractivity contribution in [1.29, 1.82) is 0 Å². The van der Waals surface area contributed by atoms with Crippen molar-refractivity contribution in [1.82, 2.24) is 10.2 Å². The summed E-state index contributed by atoms with van der Waals surface area (Å²) in [4.78, 5) is 0. The number of aromatic nitrogens is 2. The summed E-state index contributed by atoms with van der Waals surface area (Å²) >= 11 is 3.47. The Balaban J connectivity index is 2.44. The number of rotatable bonds is 1. The normalized spacial score (nSPS) is 11.8. The quantitative estimate of drug-likeness (QED) is 0.795. The van der Waals surface area contributed by atoms with E-state index >= 15 is 0 Å². The van der Waals surface area contributed by atoms with Gasteiger partial charge in [0, 0.05) is 15.5 Å². The minimum Gasteiger partial charge on any atom is -0.420 e. The predicted octanol–water partition coefficient (Wildman–Crippen LogP) is 4.11. The number of nitrogens with zero attached hydrogens (tertiary/aromatic N) is 2. The molecule has 2 rings (SSSR count). The first-order chi connectivity index (χ1) is 7.86. The first-order valence-electron chi connectivity index (χ1n) is 5.48. The van der Waals surface area contributed by atoms with E-state index in [0.29, 0.717) is 11.8 Å². The zero-order chi connectivity index (χ0) is 12.6. The highest BCUT2D eigenvalue weighted by molar-refractivity contribution is 9.10. The van der Waals surface area contributed by atoms with Crippen molar-refractivity contribution in [2.45, 2.75) is 33.1 Å². The summed E-state index contributed by atoms with van der Waals surface area (Å²) in [6, 6.07) is 6.06. The largest absolute Gasteiger partial charge is 0.420 e. The second kappa shape index (κ2) is 4.26. The number of benzene rings is 1. The molecule has 0 aliphatic rings. The van der Waals surface area contributed by atoms with Crippen molar-refractivity contribution in [3.8, 4) is 11.5 Å². The maximum atomic E-state index is 5.70. The minimum atomic E-state index is -0.119. The summed E-state index contributed by atoms with van der Waals surface area (Å²) in [5, 5.41) is 8.19. The molecule has 0 atom stereocenters. The molecular formula is C13H15BrN2O. The minimum absolute atomic E-state index is 0.119. The van der Waals surface area contributed by atoms with Crippen molar-refractivity contribution >= 4 is 15.9 Å². The van der Waals surface area contributed by atoms with Crippen molar-refractivity contribution in [3.05, 3.63) is 34.1 Å². The Bertz CT molecular complexity index is 520. The lowest BCUT2D eigenvalue weighted by atomic mass is 9.97. The van der Waals surface area contributed by atoms with E-state index in [1.807, 2.05) is 25.1 Å². The maximum absolute atomic E-state index is 5.70. The summed E-state index contributed by atoms with van der Waals surface area (Å²) in [6.45, 7) is 8.19. The molecule has 0 N–H and O–H groups in total. The second-order valence-electron chi connectivity index (χ2n) is 5.18. The molecule has 1 aromatic carbocycles. The van der Waals surface area contributed by atoms with Gasteiger partial charge in [-0.2, -0.15) is 0 Å². The molecule has 1 aromatic heterocycles. The maximum Gasteiger partial charge on any atom is 0.247 e. The Morgan fingerprint density at radius 3 is 2.35 bits per heavy atom. The molecule has 0 fully saturated rings. The van der Waals surface area contributed by atoms with Crippen LogP contribution in [0.1, 0.15) is 32.2 Å². The summed E-state index contributed by atoms with van der Waals surface area (Å²) in [5.41, 5.74) is 1.98. The molecule has 0 spiro atoms. The van der Waals surface area contributed by atoms with Crippen LogP contribution in [0.2, 0.25) is 0 Å². The smallest absolute Gasteiger partial charge is 0.247 e. The monoisotopic (exact) mass is 294 g/mol. The Labute approximate surface area is 109 Å². The van der Waals surface area contributed by atoms with E-state index in [1.165, 1.54) is 0 Å². The highest BCUT2D eigenvalue weighted by Gasteiger charge is 2.21. The zero-order valence-electron chi connectivity index (χ0n) is 10.4. The first kappa shape index (κ1) is 12.3. The summed E-state index contributed by atoms with van der Waals surface area (Å²) in [6.07, 6.45) is 0. The van der Waals surface area contributed by atoms with Gasteiger partial charge in [0.2, 0.25) is 11.8 Å². The molecule has 0 radical (unpaired) electrons. The third-order valence-corrected chi connectivity index (χ3v) is 2.81. The molecule has 4 heteroatoms. The van der Waals surface area contributed by atoms with E-state index in [2.05, 4.69) is 46.9 Å². The van der Waals surface area contributed by atoms with Gasteiger partial charge in [0.15, 0.2) is 0 Å². The van der Waals surface area contributed by atoms with Crippen LogP contribution in [-0.2, 0) is 5.41 Å². The van der Waals surface area contributed by atoms with Gasteiger partial charge in [0.1, 0.15) is 0 Å². The second-order valence-corrected chi connectivity index (χ2v) is 6.10. The van der Waals surface area contributed by atoms with Crippen molar-refractivity contribution in [2.75, 3.05) is 0 Å². The number of hydrogen-bond donors (Lipinski definition) is 0. The Morgan fingerprint density at radius 2 is 1.82 bits per heavy atom. The van der Waals surface area contributed by atoms with Crippen LogP contribution in [0.5, 0.6) is 0 Å². The number of hydrogen-bond acceptors (Lipinski definition) is 3. The average Bonchev–Trinajstić information content (AvgIpc) is 2.63. The van der Waals surface area contributed by atoms with Gasteiger partial charge in [-0.25, -0.2) is 0 Å². The third-order valence-electron chi connectivity index (χ3n) is 2.36. The average molecular weight is 295 g/mol. The van der Waals surface area contributed by atoms with Crippen LogP contribution in [0.15, 0.2) is 27.1 Å². The lowest BCUT2D eigenvalue weighted by Gasteiger charge is -2.11. The first-order valence-corrected chi connectivity index (χ1v) is 6.27. The molecule has 0 saturated heterocycles. The van der Waals surface area contributed by atoms with Crippen LogP contribution in [0.3, 0.4) is 0 Å². The van der Waals surface area contributed by atoms with Gasteiger partial charge in [-0.05, 0) is 30.7 Å². The van der Waals surface area contributed by atoms with Crippen LogP contribution in [0.4, 0.5) is 0 Å². The van der Waals surface area contributed by atoms with Crippen LogP contribution < -0.4 is 0 Å². The van der Waals surface area contributed by atoms with Crippen LogP contribution in [-0.4, -0.2) is 10.2 Å². The molecule has 1 heterocycles. The molecule has 0 bridgehead atoms. The van der Waals surface area contributed by atoms with Gasteiger partial charge in [-0.15, -0.1) is 10.2 Å². The van der Waals surface area contributed by atoms with E-state index in [9.17, 15) is 0 Å². The van der Waals surface area contributed by atoms with Gasteiger partial charge < -0.3 is 4.42 Å². The van der Waals surface area contributed by atoms with E-state index in [-0.39, 0.29) is 5.41 Å². The molecule has 3 nitrogen and oxygen atoms in total. The SMILES string of the molecule is Cc1cc(Br)cc(-c2nnc(C(C)(C)C)o2)c1. The fraction of sp³-hybridized carbons (Fsp3) is 0.385. The Hall–Kier alpha value is -1.16. The van der Waals surface area contributed by atoms with E-state index in [0.717, 1.165) is 15.6 Å². The lowest BCUT2D eigenvalue weighted by Crippen LogP contribution is -2.11. The Morgan fingerprint density at radius 1 is 1.12 bits per heavy atom. The van der Waals surface area contributed by atoms with Crippen molar-refractivity contribution in [2.24, 2.45) is 0 Å². The fourth-order valence-electron chi connectivity index (χ4n) is 1.50. The number of halogens is 1. The Kier molecular flexibility index (Phi) is 3.08. The lowest BCUT2D eigenvalue weighted by molar-refractivity contribution is 0.399. The van der Waals surface area contributed by atoms with Crippen LogP contribution in [0, 0.1) is 6.92 Å². The van der Waals surface area contributed by atoms with E-state index in [1.54, 1.807) is 0 Å². The van der Waals surface area contributed by atoms with Crippen molar-refractivity contribution < 1.29 is 4.42 Å². The molecule has 17 heavy (non-hydrogen) atoms.